The fraction of sp³-hybridized carbons (Fsp3) is 0.107. The Labute approximate surface area is 182 Å². The molecule has 2 heterocycles. The summed E-state index contributed by atoms with van der Waals surface area (Å²) in [4.78, 5) is 3.83. The van der Waals surface area contributed by atoms with Gasteiger partial charge in [-0.1, -0.05) is 12.1 Å². The van der Waals surface area contributed by atoms with Crippen LogP contribution in [0.1, 0.15) is 5.56 Å². The van der Waals surface area contributed by atoms with Gasteiger partial charge in [-0.25, -0.2) is 14.0 Å². The van der Waals surface area contributed by atoms with Gasteiger partial charge in [-0.2, -0.15) is 0 Å². The van der Waals surface area contributed by atoms with E-state index in [9.17, 15) is 0 Å². The lowest BCUT2D eigenvalue weighted by molar-refractivity contribution is -0.644. The number of nitrogens with zero attached hydrogens (tertiary/aromatic N) is 3. The van der Waals surface area contributed by atoms with E-state index in [0.717, 1.165) is 22.3 Å². The monoisotopic (exact) mass is 401 g/mol. The Morgan fingerprint density at radius 3 is 1.55 bits per heavy atom. The first kappa shape index (κ1) is 19.0. The average molecular weight is 402 g/mol. The molecule has 5 aromatic rings. The van der Waals surface area contributed by atoms with Crippen molar-refractivity contribution >= 4 is 27.5 Å². The van der Waals surface area contributed by atoms with Gasteiger partial charge in [-0.05, 0) is 72.1 Å². The first-order valence-electron chi connectivity index (χ1n) is 10.4. The van der Waals surface area contributed by atoms with Crippen LogP contribution in [0.2, 0.25) is 0 Å². The molecule has 3 heteroatoms. The summed E-state index contributed by atoms with van der Waals surface area (Å²) in [6, 6.07) is 25.2. The van der Waals surface area contributed by atoms with Crippen LogP contribution < -0.4 is 9.13 Å². The summed E-state index contributed by atoms with van der Waals surface area (Å²) in [5, 5.41) is 2.38. The number of benzene rings is 3. The predicted octanol–water partition coefficient (Wildman–Crippen LogP) is 5.84. The van der Waals surface area contributed by atoms with E-state index in [-0.39, 0.29) is 0 Å². The van der Waals surface area contributed by atoms with Crippen LogP contribution >= 0.6 is 0 Å². The highest BCUT2D eigenvalue weighted by molar-refractivity contribution is 5.98. The quantitative estimate of drug-likeness (QED) is 0.260. The predicted molar refractivity (Wildman–Crippen MR) is 126 cm³/mol. The molecule has 0 N–H and O–H groups in total. The normalized spacial score (nSPS) is 11.0. The molecule has 0 aliphatic heterocycles. The summed E-state index contributed by atoms with van der Waals surface area (Å²) >= 11 is 0. The van der Waals surface area contributed by atoms with Crippen molar-refractivity contribution in [1.82, 2.24) is 0 Å². The Morgan fingerprint density at radius 2 is 1.10 bits per heavy atom. The highest BCUT2D eigenvalue weighted by Gasteiger charge is 2.20. The van der Waals surface area contributed by atoms with E-state index < -0.39 is 0 Å². The Kier molecular flexibility index (Phi) is 4.49. The van der Waals surface area contributed by atoms with Crippen molar-refractivity contribution in [2.24, 2.45) is 14.1 Å². The topological polar surface area (TPSA) is 12.1 Å². The van der Waals surface area contributed by atoms with Gasteiger partial charge in [0.05, 0.1) is 17.7 Å². The number of para-hydroxylation sites is 2. The molecule has 0 bridgehead atoms. The van der Waals surface area contributed by atoms with Gasteiger partial charge in [-0.3, -0.25) is 0 Å². The first-order valence-corrected chi connectivity index (χ1v) is 10.4. The van der Waals surface area contributed by atoms with E-state index in [4.69, 9.17) is 6.57 Å². The van der Waals surface area contributed by atoms with Crippen molar-refractivity contribution < 1.29 is 9.13 Å². The molecule has 3 nitrogen and oxygen atoms in total. The summed E-state index contributed by atoms with van der Waals surface area (Å²) in [5.74, 6) is 0. The van der Waals surface area contributed by atoms with E-state index in [0.29, 0.717) is 5.69 Å². The second-order valence-corrected chi connectivity index (χ2v) is 8.00. The highest BCUT2D eigenvalue weighted by Crippen LogP contribution is 2.39. The van der Waals surface area contributed by atoms with Gasteiger partial charge in [0.15, 0.2) is 18.1 Å². The summed E-state index contributed by atoms with van der Waals surface area (Å²) < 4.78 is 4.32. The summed E-state index contributed by atoms with van der Waals surface area (Å²) in [5.41, 5.74) is 8.68. The molecule has 31 heavy (non-hydrogen) atoms. The minimum atomic E-state index is 0.654. The van der Waals surface area contributed by atoms with Crippen LogP contribution in [0.25, 0.3) is 48.9 Å². The van der Waals surface area contributed by atoms with Crippen LogP contribution in [0.4, 0.5) is 5.69 Å². The van der Waals surface area contributed by atoms with Gasteiger partial charge in [0.1, 0.15) is 14.1 Å². The van der Waals surface area contributed by atoms with E-state index in [1.54, 1.807) is 0 Å². The van der Waals surface area contributed by atoms with Crippen molar-refractivity contribution in [1.29, 1.82) is 0 Å². The van der Waals surface area contributed by atoms with E-state index in [1.807, 2.05) is 12.1 Å². The molecule has 0 atom stereocenters. The molecule has 2 aromatic heterocycles. The van der Waals surface area contributed by atoms with Gasteiger partial charge in [0, 0.05) is 22.9 Å². The molecule has 0 aliphatic rings. The molecular weight excluding hydrogens is 378 g/mol. The van der Waals surface area contributed by atoms with Crippen LogP contribution in [0, 0.1) is 13.5 Å². The molecule has 148 valence electrons. The zero-order valence-corrected chi connectivity index (χ0v) is 17.9. The van der Waals surface area contributed by atoms with Crippen LogP contribution in [0.15, 0.2) is 85.2 Å². The average Bonchev–Trinajstić information content (AvgIpc) is 2.79. The summed E-state index contributed by atoms with van der Waals surface area (Å²) in [7, 11) is 4.15. The van der Waals surface area contributed by atoms with Crippen molar-refractivity contribution in [3.8, 4) is 22.3 Å². The molecule has 0 saturated carbocycles. The molecule has 0 spiro atoms. The van der Waals surface area contributed by atoms with Crippen molar-refractivity contribution in [3.63, 3.8) is 0 Å². The van der Waals surface area contributed by atoms with Gasteiger partial charge >= 0.3 is 0 Å². The molecule has 0 aliphatic carbocycles. The Balaban J connectivity index is 1.88. The number of hydrogen-bond acceptors (Lipinski definition) is 0. The number of rotatable bonds is 2. The first-order chi connectivity index (χ1) is 15.1. The van der Waals surface area contributed by atoms with Crippen LogP contribution in [0.3, 0.4) is 0 Å². The Bertz CT molecular complexity index is 1410. The third-order valence-electron chi connectivity index (χ3n) is 6.11. The largest absolute Gasteiger partial charge is 0.238 e. The Hall–Kier alpha value is -4.03. The van der Waals surface area contributed by atoms with Gasteiger partial charge < -0.3 is 0 Å². The SMILES string of the molecule is [C-]#[N+]c1cc(-c2cccc3ccc[n+](C)c23)c(C)c(-c2cccc3ccc[n+](C)c23)c1. The maximum absolute atomic E-state index is 7.76. The van der Waals surface area contributed by atoms with E-state index >= 15 is 0 Å². The number of aromatic nitrogens is 2. The van der Waals surface area contributed by atoms with Crippen LogP contribution in [0.5, 0.6) is 0 Å². The maximum atomic E-state index is 7.76. The molecule has 0 amide bonds. The van der Waals surface area contributed by atoms with E-state index in [2.05, 4.69) is 108 Å². The molecular formula is C28H23N3+2. The molecule has 5 rings (SSSR count). The zero-order chi connectivity index (χ0) is 21.5. The number of fused-ring (bicyclic) bond motifs is 2. The lowest BCUT2D eigenvalue weighted by atomic mass is 9.90. The minimum Gasteiger partial charge on any atom is -0.238 e. The molecule has 0 radical (unpaired) electrons. The smallest absolute Gasteiger partial charge is 0.220 e. The van der Waals surface area contributed by atoms with Gasteiger partial charge in [0.25, 0.3) is 0 Å². The van der Waals surface area contributed by atoms with E-state index in [1.165, 1.54) is 27.4 Å². The molecule has 3 aromatic carbocycles. The third-order valence-corrected chi connectivity index (χ3v) is 6.11. The van der Waals surface area contributed by atoms with Crippen molar-refractivity contribution in [2.45, 2.75) is 6.92 Å². The number of hydrogen-bond donors (Lipinski definition) is 0. The lowest BCUT2D eigenvalue weighted by Crippen LogP contribution is -2.28. The second-order valence-electron chi connectivity index (χ2n) is 8.00. The van der Waals surface area contributed by atoms with Crippen molar-refractivity contribution in [3.05, 3.63) is 102 Å². The molecule has 0 unspecified atom stereocenters. The van der Waals surface area contributed by atoms with Crippen LogP contribution in [-0.4, -0.2) is 0 Å². The maximum Gasteiger partial charge on any atom is 0.220 e. The molecule has 0 fully saturated rings. The minimum absolute atomic E-state index is 0.654. The molecule has 0 saturated heterocycles. The lowest BCUT2D eigenvalue weighted by Gasteiger charge is -2.14. The third kappa shape index (κ3) is 3.05. The highest BCUT2D eigenvalue weighted by atomic mass is 14.9. The van der Waals surface area contributed by atoms with Crippen LogP contribution in [-0.2, 0) is 14.1 Å². The van der Waals surface area contributed by atoms with Crippen molar-refractivity contribution in [2.75, 3.05) is 0 Å². The number of pyridine rings is 2. The Morgan fingerprint density at radius 1 is 0.645 bits per heavy atom. The fourth-order valence-corrected chi connectivity index (χ4v) is 4.64. The number of aryl methyl sites for hydroxylation is 2. The summed E-state index contributed by atoms with van der Waals surface area (Å²) in [6.45, 7) is 9.93. The fourth-order valence-electron chi connectivity index (χ4n) is 4.64. The van der Waals surface area contributed by atoms with Gasteiger partial charge in [-0.15, -0.1) is 0 Å². The van der Waals surface area contributed by atoms with Gasteiger partial charge in [0.2, 0.25) is 11.0 Å². The zero-order valence-electron chi connectivity index (χ0n) is 17.9. The standard InChI is InChI=1S/C28H23N3/c1-19-25(23-13-5-9-20-11-7-15-30(3)27(20)23)17-22(29-2)18-26(19)24-14-6-10-21-12-8-16-31(4)28(21)24/h5-18H,1,3-4H3/q+2. The second kappa shape index (κ2) is 7.34. The summed E-state index contributed by atoms with van der Waals surface area (Å²) in [6.07, 6.45) is 4.15.